The lowest BCUT2D eigenvalue weighted by atomic mass is 10.1. The monoisotopic (exact) mass is 365 g/mol. The van der Waals surface area contributed by atoms with Crippen molar-refractivity contribution in [3.8, 4) is 17.0 Å². The summed E-state index contributed by atoms with van der Waals surface area (Å²) in [4.78, 5) is 8.56. The van der Waals surface area contributed by atoms with Crippen LogP contribution in [0, 0.1) is 13.8 Å². The molecule has 0 spiro atoms. The second kappa shape index (κ2) is 7.06. The molecule has 138 valence electrons. The van der Waals surface area contributed by atoms with E-state index < -0.39 is 0 Å². The van der Waals surface area contributed by atoms with E-state index >= 15 is 0 Å². The van der Waals surface area contributed by atoms with E-state index in [-0.39, 0.29) is 0 Å². The molecule has 0 amide bonds. The summed E-state index contributed by atoms with van der Waals surface area (Å²) in [6.45, 7) is 4.52. The van der Waals surface area contributed by atoms with Gasteiger partial charge in [0.25, 0.3) is 5.71 Å². The maximum absolute atomic E-state index is 5.40. The number of aryl methyl sites for hydroxylation is 2. The quantitative estimate of drug-likeness (QED) is 0.554. The first kappa shape index (κ1) is 17.0. The zero-order chi connectivity index (χ0) is 18.8. The van der Waals surface area contributed by atoms with E-state index in [1.165, 1.54) is 6.33 Å². The topological polar surface area (TPSA) is 99.1 Å². The predicted molar refractivity (Wildman–Crippen MR) is 99.8 cm³/mol. The Morgan fingerprint density at radius 1 is 1.11 bits per heavy atom. The van der Waals surface area contributed by atoms with Gasteiger partial charge >= 0.3 is 0 Å². The van der Waals surface area contributed by atoms with Crippen LogP contribution in [-0.4, -0.2) is 33.9 Å². The smallest absolute Gasteiger partial charge is 0.263 e. The molecule has 0 aliphatic carbocycles. The Bertz CT molecular complexity index is 1070. The van der Waals surface area contributed by atoms with Crippen molar-refractivity contribution < 1.29 is 13.8 Å². The van der Waals surface area contributed by atoms with Gasteiger partial charge in [-0.05, 0) is 32.4 Å². The summed E-state index contributed by atoms with van der Waals surface area (Å²) < 4.78 is 15.9. The van der Waals surface area contributed by atoms with Crippen LogP contribution in [0.5, 0.6) is 5.75 Å². The Kier molecular flexibility index (Phi) is 4.45. The molecular weight excluding hydrogens is 346 g/mol. The molecule has 1 N–H and O–H groups in total. The van der Waals surface area contributed by atoms with Crippen LogP contribution in [0.15, 0.2) is 39.6 Å². The average molecular weight is 365 g/mol. The fraction of sp³-hybridized carbons (Fsp3) is 0.263. The van der Waals surface area contributed by atoms with E-state index in [2.05, 4.69) is 25.6 Å². The van der Waals surface area contributed by atoms with Gasteiger partial charge in [0, 0.05) is 17.7 Å². The van der Waals surface area contributed by atoms with Gasteiger partial charge in [0.05, 0.1) is 12.8 Å². The third kappa shape index (κ3) is 3.21. The third-order valence-corrected chi connectivity index (χ3v) is 4.46. The van der Waals surface area contributed by atoms with Crippen LogP contribution < -0.4 is 10.1 Å². The van der Waals surface area contributed by atoms with Gasteiger partial charge in [0.15, 0.2) is 0 Å². The number of nitrogens with one attached hydrogen (secondary N) is 1. The molecule has 0 radical (unpaired) electrons. The summed E-state index contributed by atoms with van der Waals surface area (Å²) in [5, 5.41) is 12.3. The fourth-order valence-electron chi connectivity index (χ4n) is 3.05. The number of methoxy groups -OCH3 is 1. The maximum atomic E-state index is 5.40. The molecule has 4 aromatic rings. The van der Waals surface area contributed by atoms with E-state index in [9.17, 15) is 0 Å². The maximum Gasteiger partial charge on any atom is 0.263 e. The zero-order valence-electron chi connectivity index (χ0n) is 15.3. The molecule has 8 heteroatoms. The van der Waals surface area contributed by atoms with E-state index in [4.69, 9.17) is 13.8 Å². The lowest BCUT2D eigenvalue weighted by Gasteiger charge is -2.07. The standard InChI is InChI=1S/C19H19N5O3/c1-11-15(12(2)26-23-11)7-8-20-18-16-17(24-27-19(16)22-10-21-18)13-5-4-6-14(9-13)25-3/h4-6,9-10H,7-8H2,1-3H3,(H,20,21,22). The van der Waals surface area contributed by atoms with Gasteiger partial charge in [0.2, 0.25) is 0 Å². The molecule has 0 bridgehead atoms. The first-order valence-corrected chi connectivity index (χ1v) is 8.58. The molecule has 0 fully saturated rings. The van der Waals surface area contributed by atoms with Crippen molar-refractivity contribution in [1.29, 1.82) is 0 Å². The second-order valence-electron chi connectivity index (χ2n) is 6.15. The Labute approximate surface area is 155 Å². The van der Waals surface area contributed by atoms with Crippen molar-refractivity contribution >= 4 is 16.9 Å². The lowest BCUT2D eigenvalue weighted by molar-refractivity contribution is 0.392. The molecule has 4 rings (SSSR count). The Morgan fingerprint density at radius 2 is 2.00 bits per heavy atom. The van der Waals surface area contributed by atoms with Gasteiger partial charge in [-0.3, -0.25) is 0 Å². The highest BCUT2D eigenvalue weighted by atomic mass is 16.5. The van der Waals surface area contributed by atoms with Gasteiger partial charge in [-0.15, -0.1) is 0 Å². The van der Waals surface area contributed by atoms with Crippen LogP contribution in [0.1, 0.15) is 17.0 Å². The fourth-order valence-corrected chi connectivity index (χ4v) is 3.05. The molecular formula is C19H19N5O3. The molecule has 0 unspecified atom stereocenters. The Balaban J connectivity index is 1.64. The van der Waals surface area contributed by atoms with Crippen molar-refractivity contribution in [3.63, 3.8) is 0 Å². The summed E-state index contributed by atoms with van der Waals surface area (Å²) in [6.07, 6.45) is 2.23. The molecule has 0 atom stereocenters. The summed E-state index contributed by atoms with van der Waals surface area (Å²) in [5.74, 6) is 2.25. The van der Waals surface area contributed by atoms with Crippen LogP contribution in [0.3, 0.4) is 0 Å². The van der Waals surface area contributed by atoms with Crippen molar-refractivity contribution in [2.45, 2.75) is 20.3 Å². The highest BCUT2D eigenvalue weighted by Gasteiger charge is 2.17. The van der Waals surface area contributed by atoms with E-state index in [1.54, 1.807) is 7.11 Å². The molecule has 0 saturated heterocycles. The van der Waals surface area contributed by atoms with Gasteiger partial charge in [-0.25, -0.2) is 4.98 Å². The summed E-state index contributed by atoms with van der Waals surface area (Å²) in [6, 6.07) is 7.63. The van der Waals surface area contributed by atoms with Crippen LogP contribution >= 0.6 is 0 Å². The minimum absolute atomic E-state index is 0.433. The summed E-state index contributed by atoms with van der Waals surface area (Å²) in [5.41, 5.74) is 3.99. The van der Waals surface area contributed by atoms with Gasteiger partial charge in [-0.1, -0.05) is 22.4 Å². The van der Waals surface area contributed by atoms with Crippen molar-refractivity contribution in [1.82, 2.24) is 20.3 Å². The number of aromatic nitrogens is 4. The summed E-state index contributed by atoms with van der Waals surface area (Å²) >= 11 is 0. The summed E-state index contributed by atoms with van der Waals surface area (Å²) in [7, 11) is 1.63. The number of fused-ring (bicyclic) bond motifs is 1. The second-order valence-corrected chi connectivity index (χ2v) is 6.15. The Morgan fingerprint density at radius 3 is 2.78 bits per heavy atom. The number of hydrogen-bond acceptors (Lipinski definition) is 8. The van der Waals surface area contributed by atoms with Crippen molar-refractivity contribution in [3.05, 3.63) is 47.6 Å². The predicted octanol–water partition coefficient (Wildman–Crippen LogP) is 3.55. The van der Waals surface area contributed by atoms with Gasteiger partial charge < -0.3 is 19.1 Å². The largest absolute Gasteiger partial charge is 0.497 e. The molecule has 0 aliphatic heterocycles. The van der Waals surface area contributed by atoms with Crippen molar-refractivity contribution in [2.75, 3.05) is 19.0 Å². The number of anilines is 1. The first-order chi connectivity index (χ1) is 13.2. The average Bonchev–Trinajstić information content (AvgIpc) is 3.27. The highest BCUT2D eigenvalue weighted by molar-refractivity contribution is 5.97. The van der Waals surface area contributed by atoms with Crippen LogP contribution in [0.25, 0.3) is 22.4 Å². The van der Waals surface area contributed by atoms with Crippen molar-refractivity contribution in [2.24, 2.45) is 0 Å². The highest BCUT2D eigenvalue weighted by Crippen LogP contribution is 2.32. The Hall–Kier alpha value is -3.42. The minimum Gasteiger partial charge on any atom is -0.497 e. The zero-order valence-corrected chi connectivity index (χ0v) is 15.3. The van der Waals surface area contributed by atoms with Crippen LogP contribution in [0.4, 0.5) is 5.82 Å². The van der Waals surface area contributed by atoms with Crippen LogP contribution in [-0.2, 0) is 6.42 Å². The molecule has 3 aromatic heterocycles. The molecule has 1 aromatic carbocycles. The molecule has 27 heavy (non-hydrogen) atoms. The molecule has 8 nitrogen and oxygen atoms in total. The molecule has 3 heterocycles. The van der Waals surface area contributed by atoms with Gasteiger partial charge in [0.1, 0.15) is 34.7 Å². The SMILES string of the molecule is COc1cccc(-c2noc3ncnc(NCCc4c(C)noc4C)c23)c1. The van der Waals surface area contributed by atoms with E-state index in [0.717, 1.165) is 40.1 Å². The number of benzene rings is 1. The first-order valence-electron chi connectivity index (χ1n) is 8.58. The normalized spacial score (nSPS) is 11.1. The molecule has 0 aliphatic rings. The van der Waals surface area contributed by atoms with E-state index in [1.807, 2.05) is 38.1 Å². The number of rotatable bonds is 6. The van der Waals surface area contributed by atoms with E-state index in [0.29, 0.717) is 23.8 Å². The number of ether oxygens (including phenoxy) is 1. The number of nitrogens with zero attached hydrogens (tertiary/aromatic N) is 4. The lowest BCUT2D eigenvalue weighted by Crippen LogP contribution is -2.08. The number of hydrogen-bond donors (Lipinski definition) is 1. The minimum atomic E-state index is 0.433. The third-order valence-electron chi connectivity index (χ3n) is 4.46. The van der Waals surface area contributed by atoms with Gasteiger partial charge in [-0.2, -0.15) is 4.98 Å². The molecule has 0 saturated carbocycles. The van der Waals surface area contributed by atoms with Crippen LogP contribution in [0.2, 0.25) is 0 Å².